The van der Waals surface area contributed by atoms with Gasteiger partial charge in [-0.3, -0.25) is 4.48 Å². The van der Waals surface area contributed by atoms with Crippen molar-refractivity contribution in [3.8, 4) is 5.75 Å². The minimum absolute atomic E-state index is 0. The van der Waals surface area contributed by atoms with Gasteiger partial charge in [0.05, 0.1) is 26.7 Å². The number of esters is 1. The molecule has 0 saturated carbocycles. The maximum atomic E-state index is 13.5. The largest absolute Gasteiger partial charge is 1.00 e. The van der Waals surface area contributed by atoms with Gasteiger partial charge in [0.15, 0.2) is 11.6 Å². The average Bonchev–Trinajstić information content (AvgIpc) is 2.48. The molecule has 0 aliphatic carbocycles. The van der Waals surface area contributed by atoms with Crippen LogP contribution in [0.5, 0.6) is 5.75 Å². The molecule has 0 atom stereocenters. The van der Waals surface area contributed by atoms with Gasteiger partial charge in [0.25, 0.3) is 0 Å². The highest BCUT2D eigenvalue weighted by atomic mass is 35.5. The van der Waals surface area contributed by atoms with Gasteiger partial charge in [0.2, 0.25) is 23.2 Å². The molecule has 1 heterocycles. The molecule has 2 aromatic rings. The van der Waals surface area contributed by atoms with Crippen LogP contribution in [0, 0.1) is 23.3 Å². The second kappa shape index (κ2) is 7.14. The van der Waals surface area contributed by atoms with Crippen molar-refractivity contribution in [3.05, 3.63) is 53.2 Å². The highest BCUT2D eigenvalue weighted by Gasteiger charge is 2.24. The summed E-state index contributed by atoms with van der Waals surface area (Å²) in [5, 5.41) is 0. The summed E-state index contributed by atoms with van der Waals surface area (Å²) in [5.74, 6) is -8.89. The van der Waals surface area contributed by atoms with Crippen LogP contribution in [0.3, 0.4) is 0 Å². The highest BCUT2D eigenvalue weighted by Crippen LogP contribution is 2.27. The first kappa shape index (κ1) is 19.9. The maximum Gasteiger partial charge on any atom is 0.345 e. The Morgan fingerprint density at radius 2 is 1.58 bits per heavy atom. The van der Waals surface area contributed by atoms with Gasteiger partial charge in [-0.15, -0.1) is 0 Å². The lowest BCUT2D eigenvalue weighted by atomic mass is 10.2. The van der Waals surface area contributed by atoms with E-state index in [4.69, 9.17) is 0 Å². The van der Waals surface area contributed by atoms with E-state index in [2.05, 4.69) is 9.72 Å². The molecule has 9 heteroatoms. The molecule has 0 bridgehead atoms. The number of rotatable bonds is 3. The molecule has 0 unspecified atom stereocenters. The third-order valence-corrected chi connectivity index (χ3v) is 2.94. The fraction of sp³-hybridized carbons (Fsp3) is 0.200. The number of aromatic nitrogens is 1. The van der Waals surface area contributed by atoms with Crippen LogP contribution in [-0.4, -0.2) is 32.1 Å². The number of pyridine rings is 1. The highest BCUT2D eigenvalue weighted by molar-refractivity contribution is 5.90. The lowest BCUT2D eigenvalue weighted by Crippen LogP contribution is -3.00. The SMILES string of the molecule is C[N+](C)(C)c1ccc(C(=O)Oc2c(F)c(F)cc(F)c2F)cn1.[Cl-]. The van der Waals surface area contributed by atoms with Gasteiger partial charge in [-0.1, -0.05) is 0 Å². The van der Waals surface area contributed by atoms with E-state index in [9.17, 15) is 22.4 Å². The zero-order chi connectivity index (χ0) is 17.4. The summed E-state index contributed by atoms with van der Waals surface area (Å²) in [5.41, 5.74) is -0.120. The predicted octanol–water partition coefficient (Wildman–Crippen LogP) is 0.0579. The Bertz CT molecular complexity index is 735. The van der Waals surface area contributed by atoms with Gasteiger partial charge in [-0.25, -0.2) is 18.6 Å². The summed E-state index contributed by atoms with van der Waals surface area (Å²) in [4.78, 5) is 15.9. The van der Waals surface area contributed by atoms with E-state index in [0.29, 0.717) is 10.3 Å². The van der Waals surface area contributed by atoms with Gasteiger partial charge in [-0.05, 0) is 6.07 Å². The van der Waals surface area contributed by atoms with E-state index in [0.717, 1.165) is 6.20 Å². The monoisotopic (exact) mass is 364 g/mol. The second-order valence-electron chi connectivity index (χ2n) is 5.60. The molecular weight excluding hydrogens is 352 g/mol. The molecule has 0 aliphatic rings. The van der Waals surface area contributed by atoms with Crippen molar-refractivity contribution in [3.63, 3.8) is 0 Å². The van der Waals surface area contributed by atoms with Crippen LogP contribution in [0.2, 0.25) is 0 Å². The van der Waals surface area contributed by atoms with E-state index in [1.165, 1.54) is 12.1 Å². The standard InChI is InChI=1S/C15H13F4N2O2.ClH/c1-21(2,3)11-5-4-8(7-20-11)15(22)23-14-12(18)9(16)6-10(17)13(14)19;/h4-7H,1-3H3;1H/q+1;/p-1. The summed E-state index contributed by atoms with van der Waals surface area (Å²) < 4.78 is 57.9. The summed E-state index contributed by atoms with van der Waals surface area (Å²) in [6.45, 7) is 0. The van der Waals surface area contributed by atoms with Crippen LogP contribution in [0.1, 0.15) is 10.4 Å². The van der Waals surface area contributed by atoms with Crippen molar-refractivity contribution in [1.29, 1.82) is 0 Å². The van der Waals surface area contributed by atoms with Crippen LogP contribution >= 0.6 is 0 Å². The molecule has 0 saturated heterocycles. The molecule has 0 aliphatic heterocycles. The lowest BCUT2D eigenvalue weighted by Gasteiger charge is -2.21. The van der Waals surface area contributed by atoms with Crippen molar-refractivity contribution in [2.24, 2.45) is 0 Å². The van der Waals surface area contributed by atoms with Crippen LogP contribution < -0.4 is 21.6 Å². The van der Waals surface area contributed by atoms with Crippen LogP contribution in [0.15, 0.2) is 24.4 Å². The van der Waals surface area contributed by atoms with E-state index >= 15 is 0 Å². The molecule has 1 aromatic heterocycles. The maximum absolute atomic E-state index is 13.5. The molecule has 1 aromatic carbocycles. The van der Waals surface area contributed by atoms with E-state index in [1.54, 1.807) is 0 Å². The molecule has 130 valence electrons. The smallest absolute Gasteiger partial charge is 0.345 e. The number of nitrogens with zero attached hydrogens (tertiary/aromatic N) is 2. The molecule has 0 spiro atoms. The van der Waals surface area contributed by atoms with Crippen molar-refractivity contribution >= 4 is 11.8 Å². The number of ether oxygens (including phenoxy) is 1. The van der Waals surface area contributed by atoms with Gasteiger partial charge in [-0.2, -0.15) is 8.78 Å². The third kappa shape index (κ3) is 4.01. The van der Waals surface area contributed by atoms with Crippen LogP contribution in [-0.2, 0) is 0 Å². The molecule has 0 N–H and O–H groups in total. The Balaban J connectivity index is 0.00000288. The summed E-state index contributed by atoms with van der Waals surface area (Å²) in [6.07, 6.45) is 1.15. The first-order valence-electron chi connectivity index (χ1n) is 6.44. The Morgan fingerprint density at radius 3 is 2.00 bits per heavy atom. The zero-order valence-corrected chi connectivity index (χ0v) is 13.7. The molecule has 0 fully saturated rings. The van der Waals surface area contributed by atoms with Crippen molar-refractivity contribution in [2.45, 2.75) is 0 Å². The predicted molar refractivity (Wildman–Crippen MR) is 75.0 cm³/mol. The van der Waals surface area contributed by atoms with Gasteiger partial charge < -0.3 is 17.1 Å². The zero-order valence-electron chi connectivity index (χ0n) is 12.9. The van der Waals surface area contributed by atoms with Gasteiger partial charge >= 0.3 is 5.97 Å². The Kier molecular flexibility index (Phi) is 5.91. The summed E-state index contributed by atoms with van der Waals surface area (Å²) in [7, 11) is 5.54. The molecular formula is C15H13ClF4N2O2. The van der Waals surface area contributed by atoms with E-state index in [-0.39, 0.29) is 24.0 Å². The number of carbonyl (C=O) groups is 1. The summed E-state index contributed by atoms with van der Waals surface area (Å²) >= 11 is 0. The Labute approximate surface area is 141 Å². The number of halogens is 5. The lowest BCUT2D eigenvalue weighted by molar-refractivity contribution is -0.0000196. The molecule has 24 heavy (non-hydrogen) atoms. The Morgan fingerprint density at radius 1 is 1.04 bits per heavy atom. The second-order valence-corrected chi connectivity index (χ2v) is 5.60. The van der Waals surface area contributed by atoms with E-state index < -0.39 is 35.0 Å². The number of quaternary nitrogens is 1. The number of carbonyl (C=O) groups excluding carboxylic acids is 1. The van der Waals surface area contributed by atoms with Crippen molar-refractivity contribution < 1.29 is 39.5 Å². The molecule has 4 nitrogen and oxygen atoms in total. The fourth-order valence-electron chi connectivity index (χ4n) is 1.70. The number of benzene rings is 1. The third-order valence-electron chi connectivity index (χ3n) is 2.94. The minimum Gasteiger partial charge on any atom is -1.00 e. The normalized spacial score (nSPS) is 11.0. The first-order chi connectivity index (χ1) is 10.6. The number of hydrogen-bond acceptors (Lipinski definition) is 3. The van der Waals surface area contributed by atoms with Crippen LogP contribution in [0.4, 0.5) is 23.4 Å². The minimum atomic E-state index is -1.78. The van der Waals surface area contributed by atoms with Gasteiger partial charge in [0.1, 0.15) is 0 Å². The quantitative estimate of drug-likeness (QED) is 0.254. The number of hydrogen-bond donors (Lipinski definition) is 0. The van der Waals surface area contributed by atoms with Gasteiger partial charge in [0, 0.05) is 18.3 Å². The Hall–Kier alpha value is -2.19. The summed E-state index contributed by atoms with van der Waals surface area (Å²) in [6, 6.07) is 2.88. The molecule has 2 rings (SSSR count). The first-order valence-corrected chi connectivity index (χ1v) is 6.44. The molecule has 0 amide bonds. The fourth-order valence-corrected chi connectivity index (χ4v) is 1.70. The van der Waals surface area contributed by atoms with Crippen LogP contribution in [0.25, 0.3) is 0 Å². The van der Waals surface area contributed by atoms with E-state index in [1.807, 2.05) is 21.1 Å². The van der Waals surface area contributed by atoms with Crippen molar-refractivity contribution in [2.75, 3.05) is 21.1 Å². The van der Waals surface area contributed by atoms with Crippen molar-refractivity contribution in [1.82, 2.24) is 9.47 Å². The molecule has 0 radical (unpaired) electrons. The topological polar surface area (TPSA) is 39.2 Å². The average molecular weight is 365 g/mol.